The minimum absolute atomic E-state index is 0.103. The Balaban J connectivity index is 0.000000172. The summed E-state index contributed by atoms with van der Waals surface area (Å²) in [7, 11) is 0. The molecule has 0 radical (unpaired) electrons. The van der Waals surface area contributed by atoms with Crippen molar-refractivity contribution in [3.8, 4) is 5.69 Å². The molecule has 0 aliphatic carbocycles. The zero-order valence-electron chi connectivity index (χ0n) is 17.6. The molecule has 4 N–H and O–H groups in total. The quantitative estimate of drug-likeness (QED) is 0.424. The molecule has 0 saturated heterocycles. The molecule has 0 aliphatic heterocycles. The molecule has 2 aromatic carbocycles. The largest absolute Gasteiger partial charge is 0.381 e. The predicted octanol–water partition coefficient (Wildman–Crippen LogP) is 3.01. The lowest BCUT2D eigenvalue weighted by molar-refractivity contribution is 0.100. The molecular weight excluding hydrogens is 442 g/mol. The highest BCUT2D eigenvalue weighted by Crippen LogP contribution is 2.20. The van der Waals surface area contributed by atoms with Gasteiger partial charge in [0, 0.05) is 12.6 Å². The number of halogens is 1. The molecule has 9 nitrogen and oxygen atoms in total. The lowest BCUT2D eigenvalue weighted by Gasteiger charge is -2.12. The molecule has 0 aliphatic rings. The van der Waals surface area contributed by atoms with Crippen LogP contribution in [0.2, 0.25) is 5.02 Å². The average molecular weight is 462 g/mol. The Labute approximate surface area is 193 Å². The van der Waals surface area contributed by atoms with E-state index in [2.05, 4.69) is 15.2 Å². The molecule has 5 aromatic rings. The second-order valence-corrected chi connectivity index (χ2v) is 7.42. The summed E-state index contributed by atoms with van der Waals surface area (Å²) in [6.07, 6.45) is 2.22. The second-order valence-electron chi connectivity index (χ2n) is 7.01. The molecule has 0 fully saturated rings. The van der Waals surface area contributed by atoms with Gasteiger partial charge in [-0.15, -0.1) is 9.73 Å². The lowest BCUT2D eigenvalue weighted by Crippen LogP contribution is -2.23. The van der Waals surface area contributed by atoms with Crippen LogP contribution in [0.3, 0.4) is 0 Å². The van der Waals surface area contributed by atoms with Gasteiger partial charge in [-0.05, 0) is 36.4 Å². The summed E-state index contributed by atoms with van der Waals surface area (Å²) in [5.41, 5.74) is 12.7. The van der Waals surface area contributed by atoms with E-state index in [1.807, 2.05) is 49.4 Å². The first kappa shape index (κ1) is 22.0. The van der Waals surface area contributed by atoms with Crippen LogP contribution in [0, 0.1) is 0 Å². The molecule has 3 aromatic heterocycles. The smallest absolute Gasteiger partial charge is 0.267 e. The van der Waals surface area contributed by atoms with Crippen LogP contribution >= 0.6 is 11.6 Å². The molecule has 0 spiro atoms. The second kappa shape index (κ2) is 9.09. The van der Waals surface area contributed by atoms with Gasteiger partial charge in [-0.1, -0.05) is 42.8 Å². The number of para-hydroxylation sites is 1. The van der Waals surface area contributed by atoms with Gasteiger partial charge in [0.15, 0.2) is 5.82 Å². The zero-order valence-corrected chi connectivity index (χ0v) is 18.4. The monoisotopic (exact) mass is 461 g/mol. The van der Waals surface area contributed by atoms with Gasteiger partial charge in [0.2, 0.25) is 0 Å². The van der Waals surface area contributed by atoms with Gasteiger partial charge >= 0.3 is 0 Å². The van der Waals surface area contributed by atoms with Crippen LogP contribution in [0.15, 0.2) is 71.7 Å². The number of fused-ring (bicyclic) bond motifs is 2. The van der Waals surface area contributed by atoms with E-state index in [9.17, 15) is 9.59 Å². The van der Waals surface area contributed by atoms with Crippen molar-refractivity contribution in [3.63, 3.8) is 0 Å². The first-order chi connectivity index (χ1) is 15.9. The van der Waals surface area contributed by atoms with E-state index in [-0.39, 0.29) is 16.9 Å². The van der Waals surface area contributed by atoms with E-state index in [0.717, 1.165) is 11.5 Å². The summed E-state index contributed by atoms with van der Waals surface area (Å²) in [4.78, 5) is 28.3. The normalized spacial score (nSPS) is 10.7. The van der Waals surface area contributed by atoms with Crippen molar-refractivity contribution in [1.82, 2.24) is 24.4 Å². The van der Waals surface area contributed by atoms with E-state index in [4.69, 9.17) is 23.1 Å². The number of anilines is 1. The van der Waals surface area contributed by atoms with Gasteiger partial charge < -0.3 is 11.5 Å². The van der Waals surface area contributed by atoms with Crippen LogP contribution in [0.1, 0.15) is 23.1 Å². The number of aromatic nitrogens is 5. The maximum absolute atomic E-state index is 12.8. The molecule has 0 bridgehead atoms. The highest BCUT2D eigenvalue weighted by Gasteiger charge is 2.15. The maximum Gasteiger partial charge on any atom is 0.267 e. The molecule has 5 rings (SSSR count). The Morgan fingerprint density at radius 1 is 1.06 bits per heavy atom. The standard InChI is InChI=1S/C16H13ClN2O.C7H7N5O/c1-2-14-18-13-10-6-9-12(17)15(13)16(20)19(14)11-7-4-3-5-8-11;8-6-5(7(9)13)4-2-1-3-10-12(4)11-6/h3-10H,2H2,1H3;1-3H,(H2,8,11)(H2,9,13). The van der Waals surface area contributed by atoms with E-state index >= 15 is 0 Å². The summed E-state index contributed by atoms with van der Waals surface area (Å²) in [5, 5.41) is 8.58. The van der Waals surface area contributed by atoms with Crippen LogP contribution in [-0.2, 0) is 6.42 Å². The molecule has 0 unspecified atom stereocenters. The number of primary amides is 1. The predicted molar refractivity (Wildman–Crippen MR) is 128 cm³/mol. The lowest BCUT2D eigenvalue weighted by atomic mass is 10.2. The van der Waals surface area contributed by atoms with Crippen molar-refractivity contribution >= 4 is 39.7 Å². The summed E-state index contributed by atoms with van der Waals surface area (Å²) < 4.78 is 2.91. The van der Waals surface area contributed by atoms with E-state index in [1.165, 1.54) is 4.63 Å². The number of nitrogens with zero attached hydrogens (tertiary/aromatic N) is 5. The van der Waals surface area contributed by atoms with E-state index in [1.54, 1.807) is 29.0 Å². The SMILES string of the molecule is CCc1nc2cccc(Cl)c2c(=O)n1-c1ccccc1.NC(=O)c1c(N)nn2ncccc12. The van der Waals surface area contributed by atoms with Crippen LogP contribution in [-0.4, -0.2) is 30.3 Å². The number of aryl methyl sites for hydroxylation is 1. The number of benzene rings is 2. The van der Waals surface area contributed by atoms with Crippen molar-refractivity contribution in [2.45, 2.75) is 13.3 Å². The summed E-state index contributed by atoms with van der Waals surface area (Å²) >= 11 is 6.16. The summed E-state index contributed by atoms with van der Waals surface area (Å²) in [6.45, 7) is 1.98. The average Bonchev–Trinajstić information content (AvgIpc) is 3.15. The number of nitrogens with two attached hydrogens (primary N) is 2. The third-order valence-electron chi connectivity index (χ3n) is 4.94. The Bertz CT molecular complexity index is 1530. The molecule has 166 valence electrons. The molecule has 10 heteroatoms. The van der Waals surface area contributed by atoms with Crippen LogP contribution in [0.4, 0.5) is 5.82 Å². The van der Waals surface area contributed by atoms with Crippen LogP contribution < -0.4 is 17.0 Å². The number of carbonyl (C=O) groups excluding carboxylic acids is 1. The van der Waals surface area contributed by atoms with Gasteiger partial charge in [-0.2, -0.15) is 5.10 Å². The number of amides is 1. The highest BCUT2D eigenvalue weighted by atomic mass is 35.5. The highest BCUT2D eigenvalue weighted by molar-refractivity contribution is 6.35. The van der Waals surface area contributed by atoms with Crippen LogP contribution in [0.5, 0.6) is 0 Å². The van der Waals surface area contributed by atoms with E-state index in [0.29, 0.717) is 27.9 Å². The fourth-order valence-corrected chi connectivity index (χ4v) is 3.73. The first-order valence-corrected chi connectivity index (χ1v) is 10.4. The van der Waals surface area contributed by atoms with Crippen molar-refractivity contribution in [2.24, 2.45) is 5.73 Å². The van der Waals surface area contributed by atoms with Crippen molar-refractivity contribution in [1.29, 1.82) is 0 Å². The number of rotatable bonds is 3. The Morgan fingerprint density at radius 2 is 1.82 bits per heavy atom. The number of nitrogen functional groups attached to an aromatic ring is 1. The first-order valence-electron chi connectivity index (χ1n) is 10.1. The Hall–Kier alpha value is -4.24. The topological polar surface area (TPSA) is 134 Å². The number of hydrogen-bond acceptors (Lipinski definition) is 6. The molecule has 0 atom stereocenters. The van der Waals surface area contributed by atoms with Gasteiger partial charge in [-0.3, -0.25) is 14.2 Å². The summed E-state index contributed by atoms with van der Waals surface area (Å²) in [5.74, 6) is 0.239. The van der Waals surface area contributed by atoms with Gasteiger partial charge in [0.1, 0.15) is 16.9 Å². The molecule has 33 heavy (non-hydrogen) atoms. The van der Waals surface area contributed by atoms with E-state index < -0.39 is 5.91 Å². The molecule has 1 amide bonds. The number of carbonyl (C=O) groups is 1. The fourth-order valence-electron chi connectivity index (χ4n) is 3.48. The molecular formula is C23H20ClN7O2. The van der Waals surface area contributed by atoms with Crippen molar-refractivity contribution < 1.29 is 4.79 Å². The fraction of sp³-hybridized carbons (Fsp3) is 0.0870. The Morgan fingerprint density at radius 3 is 2.52 bits per heavy atom. The summed E-state index contributed by atoms with van der Waals surface area (Å²) in [6, 6.07) is 18.2. The number of hydrogen-bond donors (Lipinski definition) is 2. The maximum atomic E-state index is 12.8. The van der Waals surface area contributed by atoms with Crippen LogP contribution in [0.25, 0.3) is 22.1 Å². The zero-order chi connectivity index (χ0) is 23.5. The van der Waals surface area contributed by atoms with Gasteiger partial charge in [0.25, 0.3) is 11.5 Å². The minimum atomic E-state index is -0.597. The van der Waals surface area contributed by atoms with Gasteiger partial charge in [0.05, 0.1) is 21.6 Å². The van der Waals surface area contributed by atoms with Gasteiger partial charge in [-0.25, -0.2) is 4.98 Å². The van der Waals surface area contributed by atoms with Crippen molar-refractivity contribution in [2.75, 3.05) is 5.73 Å². The molecule has 0 saturated carbocycles. The van der Waals surface area contributed by atoms with Crippen molar-refractivity contribution in [3.05, 3.63) is 93.6 Å². The minimum Gasteiger partial charge on any atom is -0.381 e. The Kier molecular flexibility index (Phi) is 6.05. The molecule has 3 heterocycles. The third-order valence-corrected chi connectivity index (χ3v) is 5.25. The third kappa shape index (κ3) is 4.13.